The highest BCUT2D eigenvalue weighted by Crippen LogP contribution is 2.46. The van der Waals surface area contributed by atoms with Crippen molar-refractivity contribution in [2.45, 2.75) is 38.6 Å². The van der Waals surface area contributed by atoms with Gasteiger partial charge in [-0.05, 0) is 39.2 Å². The van der Waals surface area contributed by atoms with Crippen LogP contribution in [0.1, 0.15) is 32.6 Å². The van der Waals surface area contributed by atoms with Crippen LogP contribution >= 0.6 is 0 Å². The lowest BCUT2D eigenvalue weighted by Gasteiger charge is -2.25. The molecule has 12 heavy (non-hydrogen) atoms. The Morgan fingerprint density at radius 2 is 2.25 bits per heavy atom. The van der Waals surface area contributed by atoms with Crippen molar-refractivity contribution in [3.63, 3.8) is 0 Å². The Balaban J connectivity index is 1.86. The van der Waals surface area contributed by atoms with Gasteiger partial charge in [0.15, 0.2) is 0 Å². The molecule has 2 nitrogen and oxygen atoms in total. The second-order valence-electron chi connectivity index (χ2n) is 4.62. The van der Waals surface area contributed by atoms with Crippen LogP contribution in [-0.4, -0.2) is 35.7 Å². The van der Waals surface area contributed by atoms with Crippen molar-refractivity contribution in [2.24, 2.45) is 5.41 Å². The zero-order valence-corrected chi connectivity index (χ0v) is 7.92. The van der Waals surface area contributed by atoms with E-state index in [4.69, 9.17) is 0 Å². The molecule has 1 saturated heterocycles. The van der Waals surface area contributed by atoms with Gasteiger partial charge < -0.3 is 10.0 Å². The lowest BCUT2D eigenvalue weighted by Crippen LogP contribution is -2.34. The summed E-state index contributed by atoms with van der Waals surface area (Å²) in [6.45, 7) is 5.10. The smallest absolute Gasteiger partial charge is 0.0499 e. The Labute approximate surface area is 74.6 Å². The summed E-state index contributed by atoms with van der Waals surface area (Å²) >= 11 is 0. The number of aliphatic hydroxyl groups is 1. The first-order chi connectivity index (χ1) is 5.76. The summed E-state index contributed by atoms with van der Waals surface area (Å²) in [5, 5.41) is 9.18. The van der Waals surface area contributed by atoms with Gasteiger partial charge in [-0.15, -0.1) is 0 Å². The van der Waals surface area contributed by atoms with E-state index in [2.05, 4.69) is 11.8 Å². The maximum absolute atomic E-state index is 9.18. The predicted molar refractivity (Wildman–Crippen MR) is 49.0 cm³/mol. The molecule has 1 aliphatic heterocycles. The Morgan fingerprint density at radius 3 is 2.67 bits per heavy atom. The maximum atomic E-state index is 9.18. The molecular weight excluding hydrogens is 150 g/mol. The molecule has 0 radical (unpaired) electrons. The molecule has 1 heterocycles. The Bertz CT molecular complexity index is 165. The van der Waals surface area contributed by atoms with Crippen LogP contribution in [0.15, 0.2) is 0 Å². The normalized spacial score (nSPS) is 34.0. The minimum absolute atomic E-state index is 0.318. The third kappa shape index (κ3) is 1.50. The van der Waals surface area contributed by atoms with Crippen molar-refractivity contribution >= 4 is 0 Å². The van der Waals surface area contributed by atoms with Gasteiger partial charge in [0.25, 0.3) is 0 Å². The second kappa shape index (κ2) is 3.00. The summed E-state index contributed by atoms with van der Waals surface area (Å²) in [5.74, 6) is 0. The Kier molecular flexibility index (Phi) is 2.13. The van der Waals surface area contributed by atoms with Crippen LogP contribution in [0.3, 0.4) is 0 Å². The minimum atomic E-state index is 0.318. The third-order valence-electron chi connectivity index (χ3n) is 3.52. The van der Waals surface area contributed by atoms with Crippen LogP contribution in [0, 0.1) is 5.41 Å². The average molecular weight is 169 g/mol. The molecule has 0 amide bonds. The topological polar surface area (TPSA) is 23.5 Å². The van der Waals surface area contributed by atoms with E-state index in [-0.39, 0.29) is 0 Å². The molecule has 0 aromatic heterocycles. The molecule has 0 aromatic carbocycles. The van der Waals surface area contributed by atoms with E-state index >= 15 is 0 Å². The van der Waals surface area contributed by atoms with Gasteiger partial charge in [-0.2, -0.15) is 0 Å². The zero-order chi connectivity index (χ0) is 8.60. The number of hydrogen-bond donors (Lipinski definition) is 1. The fourth-order valence-corrected chi connectivity index (χ4v) is 2.20. The van der Waals surface area contributed by atoms with E-state index in [1.807, 2.05) is 0 Å². The zero-order valence-electron chi connectivity index (χ0n) is 7.92. The molecule has 2 aliphatic rings. The first-order valence-electron chi connectivity index (χ1n) is 5.11. The SMILES string of the molecule is CC1CCCN1CC1(CO)CC1. The van der Waals surface area contributed by atoms with Crippen LogP contribution in [0.5, 0.6) is 0 Å². The minimum Gasteiger partial charge on any atom is -0.396 e. The van der Waals surface area contributed by atoms with Crippen molar-refractivity contribution in [2.75, 3.05) is 19.7 Å². The first-order valence-corrected chi connectivity index (χ1v) is 5.11. The summed E-state index contributed by atoms with van der Waals surface area (Å²) in [6.07, 6.45) is 5.18. The van der Waals surface area contributed by atoms with Gasteiger partial charge in [0, 0.05) is 24.6 Å². The first kappa shape index (κ1) is 8.52. The summed E-state index contributed by atoms with van der Waals surface area (Å²) in [5.41, 5.74) is 0.318. The van der Waals surface area contributed by atoms with Crippen LogP contribution < -0.4 is 0 Å². The predicted octanol–water partition coefficient (Wildman–Crippen LogP) is 1.24. The van der Waals surface area contributed by atoms with E-state index in [0.29, 0.717) is 12.0 Å². The van der Waals surface area contributed by atoms with Crippen LogP contribution in [0.2, 0.25) is 0 Å². The number of rotatable bonds is 3. The molecule has 1 N–H and O–H groups in total. The average Bonchev–Trinajstić information content (AvgIpc) is 2.74. The van der Waals surface area contributed by atoms with Crippen molar-refractivity contribution in [3.05, 3.63) is 0 Å². The molecule has 1 atom stereocenters. The molecule has 0 bridgehead atoms. The summed E-state index contributed by atoms with van der Waals surface area (Å²) in [6, 6.07) is 0.758. The summed E-state index contributed by atoms with van der Waals surface area (Å²) < 4.78 is 0. The second-order valence-corrected chi connectivity index (χ2v) is 4.62. The highest BCUT2D eigenvalue weighted by Gasteiger charge is 2.44. The van der Waals surface area contributed by atoms with Crippen molar-refractivity contribution in [1.82, 2.24) is 4.90 Å². The molecule has 2 fully saturated rings. The highest BCUT2D eigenvalue weighted by atomic mass is 16.3. The van der Waals surface area contributed by atoms with Crippen molar-refractivity contribution in [1.29, 1.82) is 0 Å². The molecule has 1 saturated carbocycles. The lowest BCUT2D eigenvalue weighted by atomic mass is 10.1. The summed E-state index contributed by atoms with van der Waals surface area (Å²) in [4.78, 5) is 2.54. The maximum Gasteiger partial charge on any atom is 0.0499 e. The van der Waals surface area contributed by atoms with Crippen LogP contribution in [-0.2, 0) is 0 Å². The number of nitrogens with zero attached hydrogens (tertiary/aromatic N) is 1. The van der Waals surface area contributed by atoms with E-state index in [0.717, 1.165) is 12.6 Å². The third-order valence-corrected chi connectivity index (χ3v) is 3.52. The monoisotopic (exact) mass is 169 g/mol. The van der Waals surface area contributed by atoms with E-state index in [1.54, 1.807) is 0 Å². The molecular formula is C10H19NO. The van der Waals surface area contributed by atoms with Crippen molar-refractivity contribution < 1.29 is 5.11 Å². The lowest BCUT2D eigenvalue weighted by molar-refractivity contribution is 0.145. The molecule has 70 valence electrons. The highest BCUT2D eigenvalue weighted by molar-refractivity contribution is 4.96. The number of aliphatic hydroxyl groups excluding tert-OH is 1. The Morgan fingerprint density at radius 1 is 1.50 bits per heavy atom. The van der Waals surface area contributed by atoms with Gasteiger partial charge in [0.2, 0.25) is 0 Å². The van der Waals surface area contributed by atoms with E-state index < -0.39 is 0 Å². The van der Waals surface area contributed by atoms with Crippen molar-refractivity contribution in [3.8, 4) is 0 Å². The van der Waals surface area contributed by atoms with E-state index in [9.17, 15) is 5.11 Å². The number of likely N-dealkylation sites (tertiary alicyclic amines) is 1. The van der Waals surface area contributed by atoms with Crippen LogP contribution in [0.4, 0.5) is 0 Å². The molecule has 1 unspecified atom stereocenters. The Hall–Kier alpha value is -0.0800. The molecule has 1 aliphatic carbocycles. The fourth-order valence-electron chi connectivity index (χ4n) is 2.20. The van der Waals surface area contributed by atoms with E-state index in [1.165, 1.54) is 32.2 Å². The quantitative estimate of drug-likeness (QED) is 0.687. The molecule has 2 rings (SSSR count). The van der Waals surface area contributed by atoms with Gasteiger partial charge in [0.1, 0.15) is 0 Å². The molecule has 0 spiro atoms. The standard InChI is InChI=1S/C10H19NO/c1-9-3-2-6-11(9)7-10(8-12)4-5-10/h9,12H,2-8H2,1H3. The largest absolute Gasteiger partial charge is 0.396 e. The van der Waals surface area contributed by atoms with Crippen LogP contribution in [0.25, 0.3) is 0 Å². The summed E-state index contributed by atoms with van der Waals surface area (Å²) in [7, 11) is 0. The number of hydrogen-bond acceptors (Lipinski definition) is 2. The molecule has 0 aromatic rings. The fraction of sp³-hybridized carbons (Fsp3) is 1.00. The van der Waals surface area contributed by atoms with Gasteiger partial charge in [0.05, 0.1) is 0 Å². The van der Waals surface area contributed by atoms with Gasteiger partial charge in [-0.1, -0.05) is 0 Å². The van der Waals surface area contributed by atoms with Gasteiger partial charge in [-0.3, -0.25) is 0 Å². The van der Waals surface area contributed by atoms with Gasteiger partial charge >= 0.3 is 0 Å². The molecule has 2 heteroatoms. The van der Waals surface area contributed by atoms with Gasteiger partial charge in [-0.25, -0.2) is 0 Å².